The third kappa shape index (κ3) is 4.14. The van der Waals surface area contributed by atoms with E-state index >= 15 is 0 Å². The summed E-state index contributed by atoms with van der Waals surface area (Å²) in [6, 6.07) is 5.72. The van der Waals surface area contributed by atoms with Crippen molar-refractivity contribution in [3.8, 4) is 0 Å². The average molecular weight is 276 g/mol. The van der Waals surface area contributed by atoms with Crippen molar-refractivity contribution in [2.24, 2.45) is 5.41 Å². The van der Waals surface area contributed by atoms with Crippen molar-refractivity contribution in [1.29, 1.82) is 0 Å². The molecule has 4 heteroatoms. The first-order valence-corrected chi connectivity index (χ1v) is 6.41. The zero-order valence-electron chi connectivity index (χ0n) is 10.4. The summed E-state index contributed by atoms with van der Waals surface area (Å²) in [5, 5.41) is 13.7. The van der Waals surface area contributed by atoms with Crippen LogP contribution in [-0.2, 0) is 0 Å². The predicted octanol–water partition coefficient (Wildman–Crippen LogP) is 3.66. The monoisotopic (exact) mass is 275 g/mol. The van der Waals surface area contributed by atoms with E-state index in [-0.39, 0.29) is 18.1 Å². The van der Waals surface area contributed by atoms with Crippen LogP contribution in [0.1, 0.15) is 32.4 Å². The molecule has 0 aliphatic heterocycles. The Bertz CT molecular complexity index is 380. The van der Waals surface area contributed by atoms with Gasteiger partial charge in [-0.15, -0.1) is 0 Å². The Morgan fingerprint density at radius 3 is 2.59 bits per heavy atom. The summed E-state index contributed by atoms with van der Waals surface area (Å²) in [7, 11) is 0. The first kappa shape index (κ1) is 14.8. The van der Waals surface area contributed by atoms with E-state index in [9.17, 15) is 5.11 Å². The lowest BCUT2D eigenvalue weighted by molar-refractivity contribution is 0.154. The molecule has 0 radical (unpaired) electrons. The lowest BCUT2D eigenvalue weighted by Gasteiger charge is -2.25. The zero-order chi connectivity index (χ0) is 13.1. The molecular weight excluding hydrogens is 257 g/mol. The Kier molecular flexibility index (Phi) is 5.26. The number of hydrogen-bond donors (Lipinski definition) is 2. The summed E-state index contributed by atoms with van der Waals surface area (Å²) in [6.07, 6.45) is 0. The van der Waals surface area contributed by atoms with Gasteiger partial charge in [-0.1, -0.05) is 49.2 Å². The van der Waals surface area contributed by atoms with Crippen molar-refractivity contribution in [3.05, 3.63) is 33.8 Å². The minimum absolute atomic E-state index is 0.104. The van der Waals surface area contributed by atoms with Gasteiger partial charge in [0.2, 0.25) is 0 Å². The van der Waals surface area contributed by atoms with E-state index in [4.69, 9.17) is 23.2 Å². The van der Waals surface area contributed by atoms with Crippen LogP contribution in [0.5, 0.6) is 0 Å². The maximum Gasteiger partial charge on any atom is 0.0639 e. The lowest BCUT2D eigenvalue weighted by atomic mass is 9.94. The van der Waals surface area contributed by atoms with Gasteiger partial charge in [-0.25, -0.2) is 0 Å². The van der Waals surface area contributed by atoms with E-state index in [1.165, 1.54) is 0 Å². The lowest BCUT2D eigenvalue weighted by Crippen LogP contribution is -2.33. The minimum atomic E-state index is -0.140. The van der Waals surface area contributed by atoms with Crippen LogP contribution in [0.15, 0.2) is 18.2 Å². The van der Waals surface area contributed by atoms with Crippen LogP contribution in [0.4, 0.5) is 0 Å². The van der Waals surface area contributed by atoms with Gasteiger partial charge < -0.3 is 10.4 Å². The number of aliphatic hydroxyl groups is 1. The molecule has 2 N–H and O–H groups in total. The van der Waals surface area contributed by atoms with E-state index in [0.29, 0.717) is 16.6 Å². The van der Waals surface area contributed by atoms with E-state index in [2.05, 4.69) is 5.32 Å². The summed E-state index contributed by atoms with van der Waals surface area (Å²) in [4.78, 5) is 0. The smallest absolute Gasteiger partial charge is 0.0639 e. The van der Waals surface area contributed by atoms with Crippen LogP contribution in [0.2, 0.25) is 10.0 Å². The van der Waals surface area contributed by atoms with Crippen molar-refractivity contribution < 1.29 is 5.11 Å². The number of hydrogen-bond acceptors (Lipinski definition) is 2. The fourth-order valence-corrected chi connectivity index (χ4v) is 1.92. The van der Waals surface area contributed by atoms with Crippen LogP contribution in [0, 0.1) is 5.41 Å². The van der Waals surface area contributed by atoms with E-state index < -0.39 is 0 Å². The van der Waals surface area contributed by atoms with Gasteiger partial charge in [0.15, 0.2) is 0 Å². The fraction of sp³-hybridized carbons (Fsp3) is 0.538. The summed E-state index contributed by atoms with van der Waals surface area (Å²) in [5.74, 6) is 0. The highest BCUT2D eigenvalue weighted by molar-refractivity contribution is 6.42. The number of aliphatic hydroxyl groups excluding tert-OH is 1. The van der Waals surface area contributed by atoms with Crippen molar-refractivity contribution in [3.63, 3.8) is 0 Å². The average Bonchev–Trinajstić information content (AvgIpc) is 2.30. The highest BCUT2D eigenvalue weighted by atomic mass is 35.5. The van der Waals surface area contributed by atoms with Gasteiger partial charge in [-0.3, -0.25) is 0 Å². The molecular formula is C13H19Cl2NO. The quantitative estimate of drug-likeness (QED) is 0.860. The van der Waals surface area contributed by atoms with Crippen LogP contribution in [0.3, 0.4) is 0 Å². The molecule has 0 aromatic heterocycles. The third-order valence-electron chi connectivity index (χ3n) is 2.76. The van der Waals surface area contributed by atoms with Crippen LogP contribution < -0.4 is 5.32 Å². The fourth-order valence-electron chi connectivity index (χ4n) is 1.45. The molecule has 1 aromatic carbocycles. The second-order valence-electron chi connectivity index (χ2n) is 5.07. The SMILES string of the molecule is CC(NCC(C)(C)CO)c1cccc(Cl)c1Cl. The Morgan fingerprint density at radius 1 is 1.35 bits per heavy atom. The van der Waals surface area contributed by atoms with Crippen molar-refractivity contribution in [2.75, 3.05) is 13.2 Å². The molecule has 17 heavy (non-hydrogen) atoms. The molecule has 2 nitrogen and oxygen atoms in total. The molecule has 96 valence electrons. The summed E-state index contributed by atoms with van der Waals surface area (Å²) in [6.45, 7) is 6.91. The second-order valence-corrected chi connectivity index (χ2v) is 5.85. The van der Waals surface area contributed by atoms with Gasteiger partial charge in [0.25, 0.3) is 0 Å². The summed E-state index contributed by atoms with van der Waals surface area (Å²) in [5.41, 5.74) is 0.840. The predicted molar refractivity (Wildman–Crippen MR) is 73.7 cm³/mol. The maximum absolute atomic E-state index is 9.19. The Balaban J connectivity index is 2.71. The molecule has 0 heterocycles. The van der Waals surface area contributed by atoms with Gasteiger partial charge in [0, 0.05) is 24.6 Å². The van der Waals surface area contributed by atoms with Gasteiger partial charge in [-0.05, 0) is 18.6 Å². The molecule has 1 aromatic rings. The molecule has 0 bridgehead atoms. The molecule has 0 saturated carbocycles. The van der Waals surface area contributed by atoms with Crippen LogP contribution in [-0.4, -0.2) is 18.3 Å². The number of nitrogens with one attached hydrogen (secondary N) is 1. The molecule has 0 aliphatic carbocycles. The molecule has 0 saturated heterocycles. The number of benzene rings is 1. The van der Waals surface area contributed by atoms with E-state index in [1.807, 2.05) is 32.9 Å². The molecule has 0 fully saturated rings. The van der Waals surface area contributed by atoms with Gasteiger partial charge in [0.1, 0.15) is 0 Å². The van der Waals surface area contributed by atoms with Crippen LogP contribution in [0.25, 0.3) is 0 Å². The Morgan fingerprint density at radius 2 is 2.00 bits per heavy atom. The highest BCUT2D eigenvalue weighted by Crippen LogP contribution is 2.30. The molecule has 0 aliphatic rings. The first-order valence-electron chi connectivity index (χ1n) is 5.65. The van der Waals surface area contributed by atoms with Crippen molar-refractivity contribution >= 4 is 23.2 Å². The van der Waals surface area contributed by atoms with Gasteiger partial charge in [0.05, 0.1) is 10.0 Å². The summed E-state index contributed by atoms with van der Waals surface area (Å²) >= 11 is 12.1. The molecule has 1 unspecified atom stereocenters. The van der Waals surface area contributed by atoms with Crippen molar-refractivity contribution in [1.82, 2.24) is 5.32 Å². The maximum atomic E-state index is 9.19. The van der Waals surface area contributed by atoms with Gasteiger partial charge in [-0.2, -0.15) is 0 Å². The highest BCUT2D eigenvalue weighted by Gasteiger charge is 2.18. The standard InChI is InChI=1S/C13H19Cl2NO/c1-9(16-7-13(2,3)8-17)10-5-4-6-11(14)12(10)15/h4-6,9,16-17H,7-8H2,1-3H3. The van der Waals surface area contributed by atoms with E-state index in [0.717, 1.165) is 5.56 Å². The molecule has 1 atom stereocenters. The van der Waals surface area contributed by atoms with Gasteiger partial charge >= 0.3 is 0 Å². The summed E-state index contributed by atoms with van der Waals surface area (Å²) < 4.78 is 0. The minimum Gasteiger partial charge on any atom is -0.396 e. The first-order chi connectivity index (χ1) is 7.87. The Hall–Kier alpha value is -0.280. The number of halogens is 2. The molecule has 0 amide bonds. The zero-order valence-corrected chi connectivity index (χ0v) is 11.9. The van der Waals surface area contributed by atoms with Crippen molar-refractivity contribution in [2.45, 2.75) is 26.8 Å². The molecule has 0 spiro atoms. The van der Waals surface area contributed by atoms with E-state index in [1.54, 1.807) is 6.07 Å². The normalized spacial score (nSPS) is 13.8. The molecule has 1 rings (SSSR count). The van der Waals surface area contributed by atoms with Crippen LogP contribution >= 0.6 is 23.2 Å². The second kappa shape index (κ2) is 6.05. The number of rotatable bonds is 5. The topological polar surface area (TPSA) is 32.3 Å². The Labute approximate surface area is 113 Å². The largest absolute Gasteiger partial charge is 0.396 e. The third-order valence-corrected chi connectivity index (χ3v) is 3.60.